The van der Waals surface area contributed by atoms with Crippen LogP contribution in [0.3, 0.4) is 0 Å². The first-order valence-corrected chi connectivity index (χ1v) is 17.9. The fraction of sp³-hybridized carbons (Fsp3) is 1.00. The molecule has 0 unspecified atom stereocenters. The molecule has 1 heteroatoms. The predicted octanol–water partition coefficient (Wildman–Crippen LogP) is 13.0. The maximum Gasteiger partial charge on any atom is 0.0692 e. The van der Waals surface area contributed by atoms with E-state index in [1.54, 1.807) is 0 Å². The Morgan fingerprint density at radius 3 is 0.757 bits per heavy atom. The van der Waals surface area contributed by atoms with E-state index in [1.165, 1.54) is 205 Å². The second-order valence-corrected chi connectivity index (χ2v) is 13.5. The van der Waals surface area contributed by atoms with Crippen molar-refractivity contribution in [2.75, 3.05) is 0 Å². The minimum absolute atomic E-state index is 0.324. The van der Waals surface area contributed by atoms with E-state index in [9.17, 15) is 0 Å². The second-order valence-electron chi connectivity index (χ2n) is 13.5. The first kappa shape index (κ1) is 33.2. The van der Waals surface area contributed by atoms with Crippen LogP contribution in [0.2, 0.25) is 0 Å². The van der Waals surface area contributed by atoms with Crippen molar-refractivity contribution in [1.29, 1.82) is 0 Å². The van der Waals surface area contributed by atoms with Gasteiger partial charge in [0, 0.05) is 0 Å². The molecule has 220 valence electrons. The molecule has 2 rings (SSSR count). The third-order valence-corrected chi connectivity index (χ3v) is 9.52. The molecule has 0 aliphatic heterocycles. The molecule has 0 heterocycles. The molecule has 0 atom stereocenters. The first-order chi connectivity index (χ1) is 18.2. The fourth-order valence-corrected chi connectivity index (χ4v) is 6.47. The highest BCUT2D eigenvalue weighted by atomic mass is 16.5. The standard InChI is InChI=1S/C36H70O/c1-3-5-7-9-11-13-15-17-19-21-23-25-27-29-35(31-32-35)37-36(33-34-36)30-28-26-24-22-20-18-16-14-12-10-8-6-4-2/h3-34H2,1-2H3. The van der Waals surface area contributed by atoms with Gasteiger partial charge in [0.25, 0.3) is 0 Å². The Bertz CT molecular complexity index is 445. The molecule has 0 bridgehead atoms. The van der Waals surface area contributed by atoms with Gasteiger partial charge in [-0.1, -0.05) is 181 Å². The minimum atomic E-state index is 0.324. The molecule has 2 saturated carbocycles. The quantitative estimate of drug-likeness (QED) is 0.0859. The number of hydrogen-bond donors (Lipinski definition) is 0. The van der Waals surface area contributed by atoms with Crippen LogP contribution >= 0.6 is 0 Å². The minimum Gasteiger partial charge on any atom is -0.369 e. The smallest absolute Gasteiger partial charge is 0.0692 e. The van der Waals surface area contributed by atoms with Crippen LogP contribution < -0.4 is 0 Å². The molecule has 0 saturated heterocycles. The Morgan fingerprint density at radius 1 is 0.324 bits per heavy atom. The molecule has 0 aromatic rings. The molecule has 0 radical (unpaired) electrons. The van der Waals surface area contributed by atoms with E-state index in [0.717, 1.165) is 0 Å². The summed E-state index contributed by atoms with van der Waals surface area (Å²) in [4.78, 5) is 0. The van der Waals surface area contributed by atoms with Gasteiger partial charge in [0.15, 0.2) is 0 Å². The van der Waals surface area contributed by atoms with Crippen molar-refractivity contribution in [3.63, 3.8) is 0 Å². The van der Waals surface area contributed by atoms with Gasteiger partial charge in [-0.3, -0.25) is 0 Å². The zero-order valence-electron chi connectivity index (χ0n) is 26.0. The second kappa shape index (κ2) is 21.7. The summed E-state index contributed by atoms with van der Waals surface area (Å²) in [7, 11) is 0. The third-order valence-electron chi connectivity index (χ3n) is 9.52. The van der Waals surface area contributed by atoms with Gasteiger partial charge in [0.2, 0.25) is 0 Å². The van der Waals surface area contributed by atoms with Crippen LogP contribution in [0.25, 0.3) is 0 Å². The summed E-state index contributed by atoms with van der Waals surface area (Å²) in [6.07, 6.45) is 45.9. The average Bonchev–Trinajstić information content (AvgIpc) is 3.84. The Labute approximate surface area is 235 Å². The van der Waals surface area contributed by atoms with Gasteiger partial charge in [-0.25, -0.2) is 0 Å². The van der Waals surface area contributed by atoms with Crippen LogP contribution in [0.15, 0.2) is 0 Å². The van der Waals surface area contributed by atoms with Crippen LogP contribution in [-0.4, -0.2) is 11.2 Å². The molecule has 0 amide bonds. The van der Waals surface area contributed by atoms with Crippen LogP contribution in [0, 0.1) is 0 Å². The normalized spacial score (nSPS) is 17.4. The van der Waals surface area contributed by atoms with E-state index in [0.29, 0.717) is 11.2 Å². The van der Waals surface area contributed by atoms with E-state index in [4.69, 9.17) is 4.74 Å². The van der Waals surface area contributed by atoms with Crippen molar-refractivity contribution in [1.82, 2.24) is 0 Å². The predicted molar refractivity (Wildman–Crippen MR) is 166 cm³/mol. The number of rotatable bonds is 30. The summed E-state index contributed by atoms with van der Waals surface area (Å²) < 4.78 is 6.86. The highest BCUT2D eigenvalue weighted by Gasteiger charge is 2.54. The van der Waals surface area contributed by atoms with Crippen LogP contribution in [0.1, 0.15) is 219 Å². The van der Waals surface area contributed by atoms with Crippen molar-refractivity contribution < 1.29 is 4.74 Å². The Hall–Kier alpha value is -0.0400. The Kier molecular flexibility index (Phi) is 19.5. The Balaban J connectivity index is 1.34. The lowest BCUT2D eigenvalue weighted by atomic mass is 10.0. The van der Waals surface area contributed by atoms with E-state index in [1.807, 2.05) is 0 Å². The summed E-state index contributed by atoms with van der Waals surface area (Å²) in [5, 5.41) is 0. The lowest BCUT2D eigenvalue weighted by Gasteiger charge is -2.25. The van der Waals surface area contributed by atoms with Gasteiger partial charge in [0.05, 0.1) is 11.2 Å². The maximum atomic E-state index is 6.86. The van der Waals surface area contributed by atoms with Crippen molar-refractivity contribution >= 4 is 0 Å². The lowest BCUT2D eigenvalue weighted by Crippen LogP contribution is -2.25. The molecule has 2 fully saturated rings. The molecule has 0 aromatic carbocycles. The summed E-state index contributed by atoms with van der Waals surface area (Å²) in [5.74, 6) is 0. The molecule has 37 heavy (non-hydrogen) atoms. The van der Waals surface area contributed by atoms with Gasteiger partial charge in [0.1, 0.15) is 0 Å². The van der Waals surface area contributed by atoms with Crippen LogP contribution in [0.5, 0.6) is 0 Å². The van der Waals surface area contributed by atoms with E-state index >= 15 is 0 Å². The molecule has 0 spiro atoms. The van der Waals surface area contributed by atoms with Crippen molar-refractivity contribution in [3.8, 4) is 0 Å². The Morgan fingerprint density at radius 2 is 0.541 bits per heavy atom. The van der Waals surface area contributed by atoms with Gasteiger partial charge in [-0.2, -0.15) is 0 Å². The van der Waals surface area contributed by atoms with Gasteiger partial charge in [-0.05, 0) is 38.5 Å². The zero-order valence-corrected chi connectivity index (χ0v) is 26.0. The summed E-state index contributed by atoms with van der Waals surface area (Å²) in [6, 6.07) is 0. The largest absolute Gasteiger partial charge is 0.369 e. The van der Waals surface area contributed by atoms with Crippen molar-refractivity contribution in [2.24, 2.45) is 0 Å². The van der Waals surface area contributed by atoms with Crippen molar-refractivity contribution in [2.45, 2.75) is 231 Å². The van der Waals surface area contributed by atoms with E-state index < -0.39 is 0 Å². The third kappa shape index (κ3) is 18.0. The molecular formula is C36H70O. The van der Waals surface area contributed by atoms with E-state index in [-0.39, 0.29) is 0 Å². The van der Waals surface area contributed by atoms with Gasteiger partial charge in [-0.15, -0.1) is 0 Å². The monoisotopic (exact) mass is 519 g/mol. The molecular weight excluding hydrogens is 448 g/mol. The average molecular weight is 519 g/mol. The molecule has 0 aromatic heterocycles. The van der Waals surface area contributed by atoms with Crippen molar-refractivity contribution in [3.05, 3.63) is 0 Å². The van der Waals surface area contributed by atoms with E-state index in [2.05, 4.69) is 13.8 Å². The zero-order chi connectivity index (χ0) is 26.3. The fourth-order valence-electron chi connectivity index (χ4n) is 6.47. The van der Waals surface area contributed by atoms with Gasteiger partial charge < -0.3 is 4.74 Å². The SMILES string of the molecule is CCCCCCCCCCCCCCCC1(OC2(CCCCCCCCCCCCCCC)CC2)CC1. The summed E-state index contributed by atoms with van der Waals surface area (Å²) in [5.41, 5.74) is 0.648. The highest BCUT2D eigenvalue weighted by molar-refractivity contribution is 5.04. The topological polar surface area (TPSA) is 9.23 Å². The molecule has 1 nitrogen and oxygen atoms in total. The van der Waals surface area contributed by atoms with Crippen LogP contribution in [0.4, 0.5) is 0 Å². The molecule has 0 N–H and O–H groups in total. The molecule has 2 aliphatic rings. The van der Waals surface area contributed by atoms with Crippen LogP contribution in [-0.2, 0) is 4.74 Å². The lowest BCUT2D eigenvalue weighted by molar-refractivity contribution is -0.0577. The number of hydrogen-bond acceptors (Lipinski definition) is 1. The maximum absolute atomic E-state index is 6.86. The summed E-state index contributed by atoms with van der Waals surface area (Å²) in [6.45, 7) is 4.62. The van der Waals surface area contributed by atoms with Gasteiger partial charge >= 0.3 is 0 Å². The number of ether oxygens (including phenoxy) is 1. The summed E-state index contributed by atoms with van der Waals surface area (Å²) >= 11 is 0. The highest BCUT2D eigenvalue weighted by Crippen LogP contribution is 2.55. The number of unbranched alkanes of at least 4 members (excludes halogenated alkanes) is 24. The first-order valence-electron chi connectivity index (χ1n) is 17.9. The molecule has 2 aliphatic carbocycles.